The van der Waals surface area contributed by atoms with Gasteiger partial charge in [0.05, 0.1) is 6.04 Å². The average molecular weight is 197 g/mol. The summed E-state index contributed by atoms with van der Waals surface area (Å²) < 4.78 is 29.6. The van der Waals surface area contributed by atoms with E-state index in [0.29, 0.717) is 6.04 Å². The molecule has 0 unspecified atom stereocenters. The molecule has 3 N–H and O–H groups in total. The van der Waals surface area contributed by atoms with Gasteiger partial charge in [0, 0.05) is 0 Å². The first-order valence-corrected chi connectivity index (χ1v) is 3.54. The normalized spacial score (nSPS) is 18.9. The maximum Gasteiger partial charge on any atom is 0.730 e. The second kappa shape index (κ2) is 4.17. The zero-order valence-electron chi connectivity index (χ0n) is 7.25. The molecule has 1 fully saturated rings. The van der Waals surface area contributed by atoms with Crippen LogP contribution < -0.4 is 5.73 Å². The van der Waals surface area contributed by atoms with Gasteiger partial charge in [-0.05, 0) is 13.8 Å². The van der Waals surface area contributed by atoms with Crippen LogP contribution in [0.15, 0.2) is 0 Å². The Bertz CT molecular complexity index is 200. The lowest BCUT2D eigenvalue weighted by Gasteiger charge is -2.10. The predicted molar refractivity (Wildman–Crippen MR) is 38.2 cm³/mol. The van der Waals surface area contributed by atoms with Crippen LogP contribution in [0.3, 0.4) is 0 Å². The number of quaternary nitrogens is 1. The number of halogens is 2. The quantitative estimate of drug-likeness (QED) is 0.403. The highest BCUT2D eigenvalue weighted by Gasteiger charge is 2.46. The van der Waals surface area contributed by atoms with Crippen LogP contribution in [0.2, 0.25) is 0 Å². The molecule has 0 spiro atoms. The Hall–Kier alpha value is -1.18. The van der Waals surface area contributed by atoms with Crippen molar-refractivity contribution in [3.63, 3.8) is 0 Å². The summed E-state index contributed by atoms with van der Waals surface area (Å²) in [7, 11) is -4.65. The molecule has 0 aromatic carbocycles. The molecule has 1 aliphatic heterocycles. The fourth-order valence-electron chi connectivity index (χ4n) is 0.370. The number of carbonyl (C=O) groups excluding carboxylic acids is 2. The summed E-state index contributed by atoms with van der Waals surface area (Å²) >= 11 is 0. The van der Waals surface area contributed by atoms with Gasteiger partial charge in [0.1, 0.15) is 0 Å². The van der Waals surface area contributed by atoms with Crippen LogP contribution in [-0.2, 0) is 18.9 Å². The van der Waals surface area contributed by atoms with Crippen molar-refractivity contribution >= 4 is 19.0 Å². The van der Waals surface area contributed by atoms with Gasteiger partial charge in [0.15, 0.2) is 0 Å². The van der Waals surface area contributed by atoms with Crippen LogP contribution in [0.4, 0.5) is 8.63 Å². The lowest BCUT2D eigenvalue weighted by Crippen LogP contribution is -2.57. The summed E-state index contributed by atoms with van der Waals surface area (Å²) in [6.07, 6.45) is 0. The van der Waals surface area contributed by atoms with Gasteiger partial charge < -0.3 is 23.7 Å². The molecule has 1 saturated heterocycles. The lowest BCUT2D eigenvalue weighted by molar-refractivity contribution is -0.407. The third-order valence-corrected chi connectivity index (χ3v) is 0.655. The Labute approximate surface area is 73.2 Å². The zero-order chi connectivity index (χ0) is 10.6. The second-order valence-electron chi connectivity index (χ2n) is 2.74. The summed E-state index contributed by atoms with van der Waals surface area (Å²) in [6, 6.07) is 0.583. The Morgan fingerprint density at radius 3 is 1.54 bits per heavy atom. The number of hydrogen-bond acceptors (Lipinski definition) is 4. The van der Waals surface area contributed by atoms with E-state index in [1.165, 1.54) is 0 Å². The summed E-state index contributed by atoms with van der Waals surface area (Å²) in [5.41, 5.74) is 3.64. The third-order valence-electron chi connectivity index (χ3n) is 0.655. The van der Waals surface area contributed by atoms with E-state index >= 15 is 0 Å². The van der Waals surface area contributed by atoms with Crippen molar-refractivity contribution in [1.82, 2.24) is 0 Å². The van der Waals surface area contributed by atoms with Crippen molar-refractivity contribution in [2.45, 2.75) is 19.9 Å². The predicted octanol–water partition coefficient (Wildman–Crippen LogP) is -0.902. The number of rotatable bonds is 0. The highest BCUT2D eigenvalue weighted by atomic mass is 19.3. The molecule has 5 nitrogen and oxygen atoms in total. The van der Waals surface area contributed by atoms with Gasteiger partial charge in [-0.1, -0.05) is 0 Å². The van der Waals surface area contributed by atoms with E-state index in [1.54, 1.807) is 0 Å². The molecule has 0 bridgehead atoms. The molecule has 0 radical (unpaired) electrons. The standard InChI is InChI=1S/C3H9N.C2BF2O4/c1-3(2)4;4-3(5)8-1(6)2(7)9-3/h3H,4H2,1-2H3;/q;-1/p+1. The van der Waals surface area contributed by atoms with Gasteiger partial charge in [-0.15, -0.1) is 0 Å². The van der Waals surface area contributed by atoms with E-state index in [0.717, 1.165) is 0 Å². The Morgan fingerprint density at radius 1 is 1.23 bits per heavy atom. The molecule has 0 aliphatic carbocycles. The molecule has 1 aliphatic rings. The highest BCUT2D eigenvalue weighted by Crippen LogP contribution is 2.17. The number of carbonyl (C=O) groups is 2. The van der Waals surface area contributed by atoms with Crippen LogP contribution in [0.5, 0.6) is 0 Å². The molecular weight excluding hydrogens is 187 g/mol. The molecule has 8 heteroatoms. The van der Waals surface area contributed by atoms with E-state index in [-0.39, 0.29) is 0 Å². The van der Waals surface area contributed by atoms with Crippen LogP contribution in [0.25, 0.3) is 0 Å². The average Bonchev–Trinajstić information content (AvgIpc) is 2.02. The van der Waals surface area contributed by atoms with E-state index in [4.69, 9.17) is 0 Å². The minimum absolute atomic E-state index is 0.583. The largest absolute Gasteiger partial charge is 0.730 e. The van der Waals surface area contributed by atoms with Crippen LogP contribution in [0, 0.1) is 0 Å². The highest BCUT2D eigenvalue weighted by molar-refractivity contribution is 6.65. The molecule has 1 rings (SSSR count). The summed E-state index contributed by atoms with van der Waals surface area (Å²) in [5.74, 6) is -3.28. The monoisotopic (exact) mass is 197 g/mol. The van der Waals surface area contributed by atoms with Crippen molar-refractivity contribution in [2.75, 3.05) is 0 Å². The van der Waals surface area contributed by atoms with Crippen molar-refractivity contribution in [1.29, 1.82) is 0 Å². The Morgan fingerprint density at radius 2 is 1.46 bits per heavy atom. The molecule has 0 atom stereocenters. The zero-order valence-corrected chi connectivity index (χ0v) is 7.25. The van der Waals surface area contributed by atoms with E-state index in [1.807, 2.05) is 0 Å². The topological polar surface area (TPSA) is 80.2 Å². The van der Waals surface area contributed by atoms with Crippen molar-refractivity contribution in [2.24, 2.45) is 0 Å². The minimum Gasteiger partial charge on any atom is -0.593 e. The number of hydrogen-bond donors (Lipinski definition) is 1. The summed E-state index contributed by atoms with van der Waals surface area (Å²) in [4.78, 5) is 19.7. The molecule has 76 valence electrons. The molecule has 0 aromatic rings. The fraction of sp³-hybridized carbons (Fsp3) is 0.600. The fourth-order valence-corrected chi connectivity index (χ4v) is 0.370. The molecule has 13 heavy (non-hydrogen) atoms. The van der Waals surface area contributed by atoms with Crippen molar-refractivity contribution in [3.8, 4) is 0 Å². The second-order valence-corrected chi connectivity index (χ2v) is 2.74. The van der Waals surface area contributed by atoms with Gasteiger partial charge in [0.2, 0.25) is 0 Å². The Kier molecular flexibility index (Phi) is 3.80. The third kappa shape index (κ3) is 5.13. The van der Waals surface area contributed by atoms with Crippen molar-refractivity contribution in [3.05, 3.63) is 0 Å². The molecule has 1 heterocycles. The molecule has 0 aromatic heterocycles. The summed E-state index contributed by atoms with van der Waals surface area (Å²) in [5, 5.41) is 0. The summed E-state index contributed by atoms with van der Waals surface area (Å²) in [6.45, 7) is 4.11. The minimum atomic E-state index is -4.65. The van der Waals surface area contributed by atoms with Crippen LogP contribution >= 0.6 is 0 Å². The lowest BCUT2D eigenvalue weighted by atomic mass is 10.2. The van der Waals surface area contributed by atoms with E-state index in [9.17, 15) is 18.2 Å². The first-order valence-electron chi connectivity index (χ1n) is 3.54. The smallest absolute Gasteiger partial charge is 0.593 e. The maximum absolute atomic E-state index is 11.6. The Balaban J connectivity index is 0.000000310. The van der Waals surface area contributed by atoms with E-state index in [2.05, 4.69) is 28.9 Å². The molecule has 0 amide bonds. The maximum atomic E-state index is 11.6. The van der Waals surface area contributed by atoms with Gasteiger partial charge in [-0.25, -0.2) is 9.59 Å². The first kappa shape index (κ1) is 11.8. The van der Waals surface area contributed by atoms with Crippen molar-refractivity contribution < 1.29 is 33.3 Å². The van der Waals surface area contributed by atoms with E-state index < -0.39 is 19.0 Å². The van der Waals surface area contributed by atoms with Gasteiger partial charge in [-0.3, -0.25) is 0 Å². The van der Waals surface area contributed by atoms with Crippen LogP contribution in [0.1, 0.15) is 13.8 Å². The molecule has 0 saturated carbocycles. The van der Waals surface area contributed by atoms with Crippen LogP contribution in [-0.4, -0.2) is 25.1 Å². The van der Waals surface area contributed by atoms with Gasteiger partial charge in [-0.2, -0.15) is 0 Å². The SMILES string of the molecule is CC(C)[NH3+].O=C1O[B-](F)(F)OC1=O. The van der Waals surface area contributed by atoms with Gasteiger partial charge in [0.25, 0.3) is 0 Å². The van der Waals surface area contributed by atoms with Gasteiger partial charge >= 0.3 is 19.0 Å². The molecular formula is C5H10BF2NO4. The first-order chi connectivity index (χ1) is 5.74.